The third-order valence-corrected chi connectivity index (χ3v) is 4.80. The second-order valence-corrected chi connectivity index (χ2v) is 8.52. The molecule has 0 fully saturated rings. The molecule has 0 unspecified atom stereocenters. The Morgan fingerprint density at radius 3 is 1.39 bits per heavy atom. The topological polar surface area (TPSA) is 180 Å². The van der Waals surface area contributed by atoms with E-state index in [-0.39, 0.29) is 22.3 Å². The average Bonchev–Trinajstić information content (AvgIpc) is 2.86. The number of hydrogen-bond acceptors (Lipinski definition) is 10. The Morgan fingerprint density at radius 2 is 1.05 bits per heavy atom. The van der Waals surface area contributed by atoms with Gasteiger partial charge in [0.15, 0.2) is 0 Å². The minimum absolute atomic E-state index is 0.0263. The Hall–Kier alpha value is -4.74. The van der Waals surface area contributed by atoms with Crippen molar-refractivity contribution in [3.8, 4) is 0 Å². The fourth-order valence-electron chi connectivity index (χ4n) is 2.60. The van der Waals surface area contributed by atoms with Crippen molar-refractivity contribution in [2.45, 2.75) is 20.8 Å². The van der Waals surface area contributed by atoms with Gasteiger partial charge in [-0.15, -0.1) is 0 Å². The van der Waals surface area contributed by atoms with Crippen molar-refractivity contribution < 1.29 is 57.9 Å². The lowest BCUT2D eigenvalue weighted by atomic mass is 9.92. The van der Waals surface area contributed by atoms with Gasteiger partial charge in [-0.1, -0.05) is 19.7 Å². The Labute approximate surface area is 218 Å². The van der Waals surface area contributed by atoms with Gasteiger partial charge in [0.1, 0.15) is 31.8 Å². The molecule has 12 heteroatoms. The number of aromatic carboxylic acids is 2. The molecule has 204 valence electrons. The molecule has 0 spiro atoms. The van der Waals surface area contributed by atoms with Gasteiger partial charge in [-0.3, -0.25) is 0 Å². The van der Waals surface area contributed by atoms with E-state index < -0.39 is 78.8 Å². The molecule has 38 heavy (non-hydrogen) atoms. The third-order valence-electron chi connectivity index (χ3n) is 4.80. The van der Waals surface area contributed by atoms with E-state index in [0.717, 1.165) is 18.2 Å². The molecule has 1 aromatic carbocycles. The molecular weight excluding hydrogens is 504 g/mol. The van der Waals surface area contributed by atoms with Crippen LogP contribution < -0.4 is 0 Å². The van der Waals surface area contributed by atoms with Gasteiger partial charge >= 0.3 is 35.8 Å². The van der Waals surface area contributed by atoms with Gasteiger partial charge in [0.2, 0.25) is 0 Å². The van der Waals surface area contributed by atoms with Gasteiger partial charge in [0, 0.05) is 16.7 Å². The first kappa shape index (κ1) is 31.3. The van der Waals surface area contributed by atoms with Crippen LogP contribution in [-0.2, 0) is 33.3 Å². The van der Waals surface area contributed by atoms with E-state index in [1.807, 2.05) is 0 Å². The molecule has 0 aliphatic carbocycles. The summed E-state index contributed by atoms with van der Waals surface area (Å²) < 4.78 is 20.8. The summed E-state index contributed by atoms with van der Waals surface area (Å²) in [6.45, 7) is 12.1. The van der Waals surface area contributed by atoms with E-state index in [2.05, 4.69) is 19.7 Å². The van der Waals surface area contributed by atoms with Crippen LogP contribution in [-0.4, -0.2) is 72.5 Å². The van der Waals surface area contributed by atoms with Crippen LogP contribution in [0.15, 0.2) is 54.7 Å². The predicted octanol–water partition coefficient (Wildman–Crippen LogP) is 2.58. The molecule has 0 aliphatic heterocycles. The lowest BCUT2D eigenvalue weighted by Crippen LogP contribution is -2.44. The first-order valence-corrected chi connectivity index (χ1v) is 10.9. The Balaban J connectivity index is 3.38. The molecule has 12 nitrogen and oxygen atoms in total. The SMILES string of the molecule is C=C(C)C(=O)OCC(COC(=O)C(=C)C)(COC(=O)C(=C)C)COC(=O)c1ccc(C(=O)O)cc1C(=O)O. The number of hydrogen-bond donors (Lipinski definition) is 2. The molecular formula is C26H28O12. The van der Waals surface area contributed by atoms with Crippen molar-refractivity contribution in [3.63, 3.8) is 0 Å². The summed E-state index contributed by atoms with van der Waals surface area (Å²) in [4.78, 5) is 71.8. The van der Waals surface area contributed by atoms with Gasteiger partial charge in [-0.2, -0.15) is 0 Å². The number of carboxylic acid groups (broad SMARTS) is 2. The van der Waals surface area contributed by atoms with Crippen molar-refractivity contribution in [2.24, 2.45) is 5.41 Å². The number of carboxylic acids is 2. The number of rotatable bonds is 14. The summed E-state index contributed by atoms with van der Waals surface area (Å²) in [5.74, 6) is -6.70. The maximum Gasteiger partial charge on any atom is 0.339 e. The maximum atomic E-state index is 12.8. The van der Waals surface area contributed by atoms with Gasteiger partial charge in [-0.25, -0.2) is 28.8 Å². The molecule has 0 bridgehead atoms. The Kier molecular flexibility index (Phi) is 11.1. The van der Waals surface area contributed by atoms with Crippen molar-refractivity contribution >= 4 is 35.8 Å². The van der Waals surface area contributed by atoms with Gasteiger partial charge in [-0.05, 0) is 39.0 Å². The molecule has 1 aromatic rings. The van der Waals surface area contributed by atoms with Gasteiger partial charge in [0.25, 0.3) is 0 Å². The molecule has 1 rings (SSSR count). The monoisotopic (exact) mass is 532 g/mol. The third kappa shape index (κ3) is 9.04. The van der Waals surface area contributed by atoms with Crippen molar-refractivity contribution in [2.75, 3.05) is 26.4 Å². The van der Waals surface area contributed by atoms with Crippen molar-refractivity contribution in [1.82, 2.24) is 0 Å². The highest BCUT2D eigenvalue weighted by Gasteiger charge is 2.38. The summed E-state index contributed by atoms with van der Waals surface area (Å²) in [5.41, 5.74) is -3.07. The van der Waals surface area contributed by atoms with Crippen LogP contribution >= 0.6 is 0 Å². The number of esters is 4. The minimum atomic E-state index is -1.65. The molecule has 0 saturated carbocycles. The highest BCUT2D eigenvalue weighted by atomic mass is 16.6. The maximum absolute atomic E-state index is 12.8. The lowest BCUT2D eigenvalue weighted by Gasteiger charge is -2.31. The number of ether oxygens (including phenoxy) is 4. The van der Waals surface area contributed by atoms with E-state index in [1.165, 1.54) is 20.8 Å². The van der Waals surface area contributed by atoms with E-state index in [4.69, 9.17) is 24.1 Å². The fraction of sp³-hybridized carbons (Fsp3) is 0.308. The summed E-state index contributed by atoms with van der Waals surface area (Å²) in [6.07, 6.45) is 0. The van der Waals surface area contributed by atoms with Crippen LogP contribution in [0.1, 0.15) is 51.8 Å². The van der Waals surface area contributed by atoms with Crippen LogP contribution in [0.2, 0.25) is 0 Å². The summed E-state index contributed by atoms with van der Waals surface area (Å²) in [6, 6.07) is 2.75. The zero-order chi connectivity index (χ0) is 29.2. The quantitative estimate of drug-likeness (QED) is 0.203. The molecule has 0 amide bonds. The summed E-state index contributed by atoms with van der Waals surface area (Å²) >= 11 is 0. The van der Waals surface area contributed by atoms with Crippen molar-refractivity contribution in [1.29, 1.82) is 0 Å². The normalized spacial score (nSPS) is 10.5. The fourth-order valence-corrected chi connectivity index (χ4v) is 2.60. The molecule has 0 radical (unpaired) electrons. The molecule has 0 aromatic heterocycles. The molecule has 0 heterocycles. The number of carbonyl (C=O) groups is 6. The molecule has 0 saturated heterocycles. The minimum Gasteiger partial charge on any atom is -0.478 e. The highest BCUT2D eigenvalue weighted by Crippen LogP contribution is 2.24. The van der Waals surface area contributed by atoms with E-state index >= 15 is 0 Å². The van der Waals surface area contributed by atoms with Gasteiger partial charge in [0.05, 0.1) is 16.7 Å². The Morgan fingerprint density at radius 1 is 0.658 bits per heavy atom. The van der Waals surface area contributed by atoms with E-state index in [0.29, 0.717) is 0 Å². The first-order chi connectivity index (χ1) is 17.6. The van der Waals surface area contributed by atoms with Crippen molar-refractivity contribution in [3.05, 3.63) is 71.3 Å². The van der Waals surface area contributed by atoms with Gasteiger partial charge < -0.3 is 29.2 Å². The van der Waals surface area contributed by atoms with E-state index in [1.54, 1.807) is 0 Å². The largest absolute Gasteiger partial charge is 0.478 e. The van der Waals surface area contributed by atoms with E-state index in [9.17, 15) is 33.9 Å². The second kappa shape index (κ2) is 13.5. The second-order valence-electron chi connectivity index (χ2n) is 8.52. The van der Waals surface area contributed by atoms with Crippen LogP contribution in [0, 0.1) is 5.41 Å². The zero-order valence-corrected chi connectivity index (χ0v) is 21.2. The average molecular weight is 532 g/mol. The number of benzene rings is 1. The molecule has 2 N–H and O–H groups in total. The molecule has 0 aliphatic rings. The zero-order valence-electron chi connectivity index (χ0n) is 21.2. The van der Waals surface area contributed by atoms with Crippen LogP contribution in [0.4, 0.5) is 0 Å². The standard InChI is InChI=1S/C26H28O12/c1-14(2)22(31)35-10-26(11-36-23(32)15(3)4,12-37-24(33)16(5)6)13-38-25(34)18-8-7-17(20(27)28)9-19(18)21(29)30/h7-9H,1,3,5,10-13H2,2,4,6H3,(H,27,28)(H,29,30). The Bertz CT molecular complexity index is 1120. The smallest absolute Gasteiger partial charge is 0.339 e. The summed E-state index contributed by atoms with van der Waals surface area (Å²) in [5, 5.41) is 18.6. The highest BCUT2D eigenvalue weighted by molar-refractivity contribution is 6.04. The number of carbonyl (C=O) groups excluding carboxylic acids is 4. The van der Waals surface area contributed by atoms with Crippen LogP contribution in [0.3, 0.4) is 0 Å². The van der Waals surface area contributed by atoms with Crippen LogP contribution in [0.25, 0.3) is 0 Å². The lowest BCUT2D eigenvalue weighted by molar-refractivity contribution is -0.160. The van der Waals surface area contributed by atoms with Crippen LogP contribution in [0.5, 0.6) is 0 Å². The molecule has 0 atom stereocenters. The first-order valence-electron chi connectivity index (χ1n) is 10.9. The predicted molar refractivity (Wildman–Crippen MR) is 130 cm³/mol. The summed E-state index contributed by atoms with van der Waals surface area (Å²) in [7, 11) is 0.